The van der Waals surface area contributed by atoms with Crippen molar-refractivity contribution in [3.05, 3.63) is 53.6 Å². The average molecular weight is 366 g/mol. The Morgan fingerprint density at radius 3 is 2.77 bits per heavy atom. The van der Waals surface area contributed by atoms with Gasteiger partial charge in [0.2, 0.25) is 0 Å². The van der Waals surface area contributed by atoms with Crippen molar-refractivity contribution in [2.45, 2.75) is 29.6 Å². The first-order valence-electron chi connectivity index (χ1n) is 9.25. The Morgan fingerprint density at radius 1 is 1.15 bits per heavy atom. The Bertz CT molecular complexity index is 856. The van der Waals surface area contributed by atoms with Crippen molar-refractivity contribution in [3.8, 4) is 0 Å². The van der Waals surface area contributed by atoms with Crippen LogP contribution < -0.4 is 5.32 Å². The molecule has 1 amide bonds. The number of aliphatic imine (C=N–C) groups is 1. The number of hydrogen-bond acceptors (Lipinski definition) is 4. The fourth-order valence-corrected chi connectivity index (χ4v) is 4.44. The summed E-state index contributed by atoms with van der Waals surface area (Å²) >= 11 is 1.74. The van der Waals surface area contributed by atoms with Gasteiger partial charge in [-0.3, -0.25) is 9.79 Å². The molecule has 2 aromatic carbocycles. The van der Waals surface area contributed by atoms with Gasteiger partial charge in [0.15, 0.2) is 0 Å². The van der Waals surface area contributed by atoms with Gasteiger partial charge in [-0.25, -0.2) is 0 Å². The van der Waals surface area contributed by atoms with Crippen LogP contribution in [0.4, 0.5) is 5.69 Å². The molecule has 134 valence electrons. The van der Waals surface area contributed by atoms with E-state index in [1.165, 1.54) is 10.5 Å². The van der Waals surface area contributed by atoms with Crippen LogP contribution in [0.1, 0.15) is 35.7 Å². The maximum Gasteiger partial charge on any atom is 0.254 e. The van der Waals surface area contributed by atoms with Crippen LogP contribution in [0, 0.1) is 0 Å². The Labute approximate surface area is 158 Å². The fourth-order valence-electron chi connectivity index (χ4n) is 3.42. The first-order chi connectivity index (χ1) is 12.8. The average Bonchev–Trinajstić information content (AvgIpc) is 2.84. The van der Waals surface area contributed by atoms with Crippen LogP contribution in [0.3, 0.4) is 0 Å². The lowest BCUT2D eigenvalue weighted by atomic mass is 10.1. The van der Waals surface area contributed by atoms with E-state index in [9.17, 15) is 4.79 Å². The molecule has 0 spiro atoms. The molecule has 26 heavy (non-hydrogen) atoms. The summed E-state index contributed by atoms with van der Waals surface area (Å²) in [6.07, 6.45) is 1.99. The Kier molecular flexibility index (Phi) is 5.09. The summed E-state index contributed by atoms with van der Waals surface area (Å²) in [4.78, 5) is 22.1. The number of nitrogens with one attached hydrogen (secondary N) is 1. The van der Waals surface area contributed by atoms with Gasteiger partial charge >= 0.3 is 0 Å². The lowest BCUT2D eigenvalue weighted by Crippen LogP contribution is -2.46. The molecule has 1 saturated heterocycles. The van der Waals surface area contributed by atoms with Gasteiger partial charge in [0, 0.05) is 52.8 Å². The quantitative estimate of drug-likeness (QED) is 0.890. The number of piperazine rings is 1. The van der Waals surface area contributed by atoms with E-state index in [1.807, 2.05) is 23.1 Å². The molecule has 4 nitrogen and oxygen atoms in total. The highest BCUT2D eigenvalue weighted by molar-refractivity contribution is 7.99. The van der Waals surface area contributed by atoms with Crippen LogP contribution in [0.25, 0.3) is 0 Å². The van der Waals surface area contributed by atoms with Crippen LogP contribution >= 0.6 is 11.8 Å². The first-order valence-corrected chi connectivity index (χ1v) is 10.1. The van der Waals surface area contributed by atoms with Crippen molar-refractivity contribution in [2.24, 2.45) is 4.99 Å². The fraction of sp³-hybridized carbons (Fsp3) is 0.333. The van der Waals surface area contributed by atoms with Crippen LogP contribution in [0.5, 0.6) is 0 Å². The van der Waals surface area contributed by atoms with Gasteiger partial charge in [-0.05, 0) is 30.7 Å². The van der Waals surface area contributed by atoms with Gasteiger partial charge in [0.05, 0.1) is 5.69 Å². The molecule has 2 aromatic rings. The lowest BCUT2D eigenvalue weighted by molar-refractivity contribution is 0.0736. The summed E-state index contributed by atoms with van der Waals surface area (Å²) in [5, 5.41) is 3.29. The van der Waals surface area contributed by atoms with Crippen molar-refractivity contribution in [2.75, 3.05) is 26.2 Å². The zero-order valence-electron chi connectivity index (χ0n) is 15.0. The molecule has 2 aliphatic heterocycles. The van der Waals surface area contributed by atoms with Crippen molar-refractivity contribution in [1.82, 2.24) is 10.2 Å². The standard InChI is InChI=1S/C21H23N3OS/c1-2-5-17-16-6-3-4-7-19(16)26-20-9-8-15(14-18(20)23-17)21(25)24-12-10-22-11-13-24/h3-4,6-9,14,22H,2,5,10-13H2,1H3. The summed E-state index contributed by atoms with van der Waals surface area (Å²) in [6, 6.07) is 14.4. The molecular weight excluding hydrogens is 342 g/mol. The zero-order valence-corrected chi connectivity index (χ0v) is 15.8. The SMILES string of the molecule is CCCC1=Nc2cc(C(=O)N3CCNCC3)ccc2Sc2ccccc21. The molecule has 0 saturated carbocycles. The van der Waals surface area contributed by atoms with E-state index < -0.39 is 0 Å². The highest BCUT2D eigenvalue weighted by atomic mass is 32.2. The predicted molar refractivity (Wildman–Crippen MR) is 107 cm³/mol. The topological polar surface area (TPSA) is 44.7 Å². The van der Waals surface area contributed by atoms with E-state index in [-0.39, 0.29) is 5.91 Å². The second kappa shape index (κ2) is 7.64. The zero-order chi connectivity index (χ0) is 17.9. The molecule has 0 unspecified atom stereocenters. The Balaban J connectivity index is 1.72. The van der Waals surface area contributed by atoms with E-state index in [0.717, 1.165) is 60.9 Å². The number of carbonyl (C=O) groups excluding carboxylic acids is 1. The van der Waals surface area contributed by atoms with Gasteiger partial charge in [0.25, 0.3) is 5.91 Å². The van der Waals surface area contributed by atoms with Crippen molar-refractivity contribution < 1.29 is 4.79 Å². The number of fused-ring (bicyclic) bond motifs is 2. The molecule has 0 aromatic heterocycles. The van der Waals surface area contributed by atoms with Crippen molar-refractivity contribution in [1.29, 1.82) is 0 Å². The molecular formula is C21H23N3OS. The first kappa shape index (κ1) is 17.3. The minimum Gasteiger partial charge on any atom is -0.336 e. The lowest BCUT2D eigenvalue weighted by Gasteiger charge is -2.27. The molecule has 0 aliphatic carbocycles. The van der Waals surface area contributed by atoms with Gasteiger partial charge in [0.1, 0.15) is 0 Å². The summed E-state index contributed by atoms with van der Waals surface area (Å²) in [5.41, 5.74) is 3.97. The second-order valence-electron chi connectivity index (χ2n) is 6.63. The van der Waals surface area contributed by atoms with Crippen LogP contribution in [0.2, 0.25) is 0 Å². The Morgan fingerprint density at radius 2 is 1.96 bits per heavy atom. The molecule has 0 atom stereocenters. The molecule has 2 heterocycles. The number of benzene rings is 2. The highest BCUT2D eigenvalue weighted by Crippen LogP contribution is 2.41. The third-order valence-corrected chi connectivity index (χ3v) is 5.91. The molecule has 1 N–H and O–H groups in total. The Hall–Kier alpha value is -2.11. The van der Waals surface area contributed by atoms with E-state index in [1.54, 1.807) is 11.8 Å². The number of carbonyl (C=O) groups is 1. The normalized spacial score (nSPS) is 16.3. The summed E-state index contributed by atoms with van der Waals surface area (Å²) in [7, 11) is 0. The number of rotatable bonds is 3. The monoisotopic (exact) mass is 365 g/mol. The molecule has 2 aliphatic rings. The van der Waals surface area contributed by atoms with Crippen LogP contribution in [-0.2, 0) is 0 Å². The van der Waals surface area contributed by atoms with Crippen molar-refractivity contribution in [3.63, 3.8) is 0 Å². The minimum absolute atomic E-state index is 0.105. The van der Waals surface area contributed by atoms with Crippen LogP contribution in [-0.4, -0.2) is 42.7 Å². The van der Waals surface area contributed by atoms with E-state index in [0.29, 0.717) is 0 Å². The smallest absolute Gasteiger partial charge is 0.254 e. The van der Waals surface area contributed by atoms with Crippen molar-refractivity contribution >= 4 is 29.1 Å². The molecule has 5 heteroatoms. The molecule has 4 rings (SSSR count). The summed E-state index contributed by atoms with van der Waals surface area (Å²) in [6.45, 7) is 5.43. The maximum atomic E-state index is 12.8. The molecule has 1 fully saturated rings. The van der Waals surface area contributed by atoms with Gasteiger partial charge < -0.3 is 10.2 Å². The number of hydrogen-bond donors (Lipinski definition) is 1. The molecule has 0 radical (unpaired) electrons. The number of amides is 1. The van der Waals surface area contributed by atoms with E-state index in [4.69, 9.17) is 4.99 Å². The second-order valence-corrected chi connectivity index (χ2v) is 7.72. The summed E-state index contributed by atoms with van der Waals surface area (Å²) in [5.74, 6) is 0.105. The highest BCUT2D eigenvalue weighted by Gasteiger charge is 2.21. The van der Waals surface area contributed by atoms with Gasteiger partial charge in [-0.1, -0.05) is 43.3 Å². The van der Waals surface area contributed by atoms with Gasteiger partial charge in [-0.2, -0.15) is 0 Å². The predicted octanol–water partition coefficient (Wildman–Crippen LogP) is 4.12. The minimum atomic E-state index is 0.105. The largest absolute Gasteiger partial charge is 0.336 e. The summed E-state index contributed by atoms with van der Waals surface area (Å²) < 4.78 is 0. The third-order valence-electron chi connectivity index (χ3n) is 4.77. The van der Waals surface area contributed by atoms with Crippen LogP contribution in [0.15, 0.2) is 57.2 Å². The third kappa shape index (κ3) is 3.41. The van der Waals surface area contributed by atoms with E-state index in [2.05, 4.69) is 36.5 Å². The maximum absolute atomic E-state index is 12.8. The van der Waals surface area contributed by atoms with Gasteiger partial charge in [-0.15, -0.1) is 0 Å². The van der Waals surface area contributed by atoms with E-state index >= 15 is 0 Å². The number of nitrogens with zero attached hydrogens (tertiary/aromatic N) is 2. The molecule has 0 bridgehead atoms.